The van der Waals surface area contributed by atoms with Crippen molar-refractivity contribution in [1.29, 1.82) is 0 Å². The largest absolute Gasteiger partial charge is 0.383 e. The molecule has 1 nitrogen and oxygen atoms in total. The van der Waals surface area contributed by atoms with Crippen LogP contribution in [0.25, 0.3) is 0 Å². The summed E-state index contributed by atoms with van der Waals surface area (Å²) in [7, 11) is 0. The van der Waals surface area contributed by atoms with Crippen LogP contribution in [0.15, 0.2) is 27.6 Å². The summed E-state index contributed by atoms with van der Waals surface area (Å²) in [6, 6.07) is 6.38. The summed E-state index contributed by atoms with van der Waals surface area (Å²) in [5.41, 5.74) is 1.26. The van der Waals surface area contributed by atoms with Gasteiger partial charge in [0.15, 0.2) is 0 Å². The van der Waals surface area contributed by atoms with Crippen LogP contribution in [0, 0.1) is 0 Å². The lowest BCUT2D eigenvalue weighted by Gasteiger charge is -2.22. The van der Waals surface area contributed by atoms with Crippen molar-refractivity contribution in [2.24, 2.45) is 0 Å². The van der Waals surface area contributed by atoms with Gasteiger partial charge in [0.05, 0.1) is 0 Å². The molecule has 2 rings (SSSR count). The van der Waals surface area contributed by atoms with Gasteiger partial charge in [0.1, 0.15) is 0 Å². The van der Waals surface area contributed by atoms with Gasteiger partial charge in [0.2, 0.25) is 0 Å². The van der Waals surface area contributed by atoms with Crippen molar-refractivity contribution in [3.05, 3.63) is 22.7 Å². The molecule has 0 saturated heterocycles. The van der Waals surface area contributed by atoms with E-state index in [0.29, 0.717) is 5.25 Å². The average molecular weight is 244 g/mol. The maximum absolute atomic E-state index is 3.46. The number of anilines is 1. The lowest BCUT2D eigenvalue weighted by atomic mass is 10.3. The average Bonchev–Trinajstić information content (AvgIpc) is 2.05. The molecule has 0 bridgehead atoms. The lowest BCUT2D eigenvalue weighted by molar-refractivity contribution is 0.974. The van der Waals surface area contributed by atoms with Crippen molar-refractivity contribution in [2.75, 3.05) is 11.9 Å². The Kier molecular flexibility index (Phi) is 2.33. The van der Waals surface area contributed by atoms with Gasteiger partial charge in [-0.25, -0.2) is 0 Å². The lowest BCUT2D eigenvalue weighted by Crippen LogP contribution is -2.17. The van der Waals surface area contributed by atoms with Crippen molar-refractivity contribution in [3.63, 3.8) is 0 Å². The SMILES string of the molecule is C[C@H]1CNc2cc(Br)ccc2S1. The summed E-state index contributed by atoms with van der Waals surface area (Å²) in [4.78, 5) is 1.36. The summed E-state index contributed by atoms with van der Waals surface area (Å²) in [5.74, 6) is 0. The molecule has 0 amide bonds. The minimum Gasteiger partial charge on any atom is -0.383 e. The van der Waals surface area contributed by atoms with E-state index in [0.717, 1.165) is 11.0 Å². The summed E-state index contributed by atoms with van der Waals surface area (Å²) >= 11 is 5.39. The topological polar surface area (TPSA) is 12.0 Å². The first-order valence-electron chi connectivity index (χ1n) is 3.96. The Morgan fingerprint density at radius 3 is 3.25 bits per heavy atom. The minimum absolute atomic E-state index is 0.679. The minimum atomic E-state index is 0.679. The molecule has 0 spiro atoms. The highest BCUT2D eigenvalue weighted by molar-refractivity contribution is 9.10. The highest BCUT2D eigenvalue weighted by Crippen LogP contribution is 2.36. The van der Waals surface area contributed by atoms with Crippen LogP contribution in [0.2, 0.25) is 0 Å². The summed E-state index contributed by atoms with van der Waals surface area (Å²) in [5, 5.41) is 4.08. The van der Waals surface area contributed by atoms with Crippen LogP contribution in [0.3, 0.4) is 0 Å². The Morgan fingerprint density at radius 1 is 1.58 bits per heavy atom. The normalized spacial score (nSPS) is 21.3. The van der Waals surface area contributed by atoms with E-state index in [4.69, 9.17) is 0 Å². The van der Waals surface area contributed by atoms with Gasteiger partial charge in [-0.15, -0.1) is 11.8 Å². The Bertz CT molecular complexity index is 301. The van der Waals surface area contributed by atoms with E-state index in [1.807, 2.05) is 11.8 Å². The monoisotopic (exact) mass is 243 g/mol. The summed E-state index contributed by atoms with van der Waals surface area (Å²) in [6.45, 7) is 3.30. The number of fused-ring (bicyclic) bond motifs is 1. The van der Waals surface area contributed by atoms with Gasteiger partial charge >= 0.3 is 0 Å². The van der Waals surface area contributed by atoms with E-state index >= 15 is 0 Å². The van der Waals surface area contributed by atoms with E-state index in [1.165, 1.54) is 10.6 Å². The third kappa shape index (κ3) is 1.62. The third-order valence-corrected chi connectivity index (χ3v) is 3.52. The van der Waals surface area contributed by atoms with Gasteiger partial charge in [0.25, 0.3) is 0 Å². The number of halogens is 1. The van der Waals surface area contributed by atoms with E-state index < -0.39 is 0 Å². The predicted octanol–water partition coefficient (Wildman–Crippen LogP) is 3.36. The Balaban J connectivity index is 2.37. The Morgan fingerprint density at radius 2 is 2.42 bits per heavy atom. The van der Waals surface area contributed by atoms with Gasteiger partial charge < -0.3 is 5.32 Å². The van der Waals surface area contributed by atoms with Gasteiger partial charge in [-0.3, -0.25) is 0 Å². The Hall–Kier alpha value is -0.150. The molecule has 0 aliphatic carbocycles. The molecule has 12 heavy (non-hydrogen) atoms. The maximum atomic E-state index is 3.46. The predicted molar refractivity (Wildman–Crippen MR) is 58.0 cm³/mol. The molecular weight excluding hydrogens is 234 g/mol. The number of thioether (sulfide) groups is 1. The molecule has 1 N–H and O–H groups in total. The fraction of sp³-hybridized carbons (Fsp3) is 0.333. The van der Waals surface area contributed by atoms with Crippen LogP contribution in [0.4, 0.5) is 5.69 Å². The molecule has 1 aromatic carbocycles. The van der Waals surface area contributed by atoms with Crippen LogP contribution < -0.4 is 5.32 Å². The standard InChI is InChI=1S/C9H10BrNS/c1-6-5-11-8-4-7(10)2-3-9(8)12-6/h2-4,6,11H,5H2,1H3/t6-/m0/s1. The van der Waals surface area contributed by atoms with Gasteiger partial charge in [-0.05, 0) is 18.2 Å². The zero-order valence-corrected chi connectivity index (χ0v) is 9.21. The molecule has 64 valence electrons. The summed E-state index contributed by atoms with van der Waals surface area (Å²) in [6.07, 6.45) is 0. The van der Waals surface area contributed by atoms with Gasteiger partial charge in [0, 0.05) is 26.9 Å². The summed E-state index contributed by atoms with van der Waals surface area (Å²) < 4.78 is 1.14. The second kappa shape index (κ2) is 3.30. The van der Waals surface area contributed by atoms with Gasteiger partial charge in [-0.2, -0.15) is 0 Å². The van der Waals surface area contributed by atoms with Crippen molar-refractivity contribution < 1.29 is 0 Å². The number of rotatable bonds is 0. The van der Waals surface area contributed by atoms with Crippen molar-refractivity contribution in [3.8, 4) is 0 Å². The molecule has 0 radical (unpaired) electrons. The molecule has 0 unspecified atom stereocenters. The van der Waals surface area contributed by atoms with E-state index in [-0.39, 0.29) is 0 Å². The van der Waals surface area contributed by atoms with E-state index in [1.54, 1.807) is 0 Å². The molecule has 0 saturated carbocycles. The molecule has 0 aromatic heterocycles. The number of hydrogen-bond donors (Lipinski definition) is 1. The fourth-order valence-corrected chi connectivity index (χ4v) is 2.62. The van der Waals surface area contributed by atoms with Crippen LogP contribution in [-0.2, 0) is 0 Å². The molecule has 1 atom stereocenters. The van der Waals surface area contributed by atoms with Crippen LogP contribution in [-0.4, -0.2) is 11.8 Å². The zero-order chi connectivity index (χ0) is 8.55. The molecule has 1 aromatic rings. The quantitative estimate of drug-likeness (QED) is 0.751. The van der Waals surface area contributed by atoms with Crippen LogP contribution in [0.1, 0.15) is 6.92 Å². The molecule has 1 aliphatic rings. The molecule has 1 heterocycles. The highest BCUT2D eigenvalue weighted by Gasteiger charge is 2.14. The van der Waals surface area contributed by atoms with Crippen LogP contribution in [0.5, 0.6) is 0 Å². The van der Waals surface area contributed by atoms with Crippen LogP contribution >= 0.6 is 27.7 Å². The fourth-order valence-electron chi connectivity index (χ4n) is 1.26. The third-order valence-electron chi connectivity index (χ3n) is 1.85. The number of benzene rings is 1. The first-order chi connectivity index (χ1) is 5.75. The molecule has 1 aliphatic heterocycles. The maximum Gasteiger partial charge on any atom is 0.0490 e. The smallest absolute Gasteiger partial charge is 0.0490 e. The first-order valence-corrected chi connectivity index (χ1v) is 5.63. The molecule has 3 heteroatoms. The van der Waals surface area contributed by atoms with Crippen molar-refractivity contribution >= 4 is 33.4 Å². The molecule has 0 fully saturated rings. The Labute approximate surface area is 85.1 Å². The first kappa shape index (κ1) is 8.45. The highest BCUT2D eigenvalue weighted by atomic mass is 79.9. The number of nitrogens with one attached hydrogen (secondary N) is 1. The second-order valence-electron chi connectivity index (χ2n) is 2.95. The second-order valence-corrected chi connectivity index (χ2v) is 5.35. The number of hydrogen-bond acceptors (Lipinski definition) is 2. The zero-order valence-electron chi connectivity index (χ0n) is 6.80. The molecular formula is C9H10BrNS. The van der Waals surface area contributed by atoms with Crippen molar-refractivity contribution in [2.45, 2.75) is 17.1 Å². The van der Waals surface area contributed by atoms with E-state index in [9.17, 15) is 0 Å². The van der Waals surface area contributed by atoms with Gasteiger partial charge in [-0.1, -0.05) is 22.9 Å². The van der Waals surface area contributed by atoms with Crippen molar-refractivity contribution in [1.82, 2.24) is 0 Å². The van der Waals surface area contributed by atoms with E-state index in [2.05, 4.69) is 46.4 Å².